The lowest BCUT2D eigenvalue weighted by atomic mass is 10.1. The van der Waals surface area contributed by atoms with Gasteiger partial charge in [-0.05, 0) is 55.7 Å². The van der Waals surface area contributed by atoms with E-state index in [1.807, 2.05) is 32.0 Å². The van der Waals surface area contributed by atoms with E-state index in [9.17, 15) is 4.79 Å². The van der Waals surface area contributed by atoms with Crippen LogP contribution in [0.4, 0.5) is 0 Å². The number of halogens is 2. The summed E-state index contributed by atoms with van der Waals surface area (Å²) >= 11 is 11.9. The quantitative estimate of drug-likeness (QED) is 0.848. The van der Waals surface area contributed by atoms with E-state index in [0.717, 1.165) is 22.4 Å². The summed E-state index contributed by atoms with van der Waals surface area (Å²) in [5.41, 5.74) is 2.89. The maximum atomic E-state index is 12.2. The van der Waals surface area contributed by atoms with E-state index in [1.165, 1.54) is 0 Å². The highest BCUT2D eigenvalue weighted by Crippen LogP contribution is 2.22. The lowest BCUT2D eigenvalue weighted by molar-refractivity contribution is -0.127. The minimum atomic E-state index is -0.596. The first-order valence-electron chi connectivity index (χ1n) is 7.32. The van der Waals surface area contributed by atoms with Crippen LogP contribution in [0.2, 0.25) is 10.0 Å². The zero-order valence-electron chi connectivity index (χ0n) is 13.3. The minimum absolute atomic E-state index is 0.197. The average molecular weight is 352 g/mol. The lowest BCUT2D eigenvalue weighted by Gasteiger charge is -2.17. The van der Waals surface area contributed by atoms with Crippen molar-refractivity contribution in [2.45, 2.75) is 33.4 Å². The van der Waals surface area contributed by atoms with Crippen molar-refractivity contribution in [3.63, 3.8) is 0 Å². The Labute approximate surface area is 146 Å². The molecule has 0 unspecified atom stereocenters. The predicted octanol–water partition coefficient (Wildman–Crippen LogP) is 4.69. The molecule has 0 saturated carbocycles. The van der Waals surface area contributed by atoms with Crippen molar-refractivity contribution >= 4 is 29.1 Å². The van der Waals surface area contributed by atoms with E-state index in [1.54, 1.807) is 25.1 Å². The van der Waals surface area contributed by atoms with E-state index < -0.39 is 6.10 Å². The molecule has 5 heteroatoms. The SMILES string of the molecule is Cc1ccc(C)c(O[C@@H](C)C(=O)NCc2ccc(Cl)cc2Cl)c1. The second-order valence-electron chi connectivity index (χ2n) is 5.48. The Hall–Kier alpha value is -1.71. The Morgan fingerprint density at radius 1 is 1.17 bits per heavy atom. The summed E-state index contributed by atoms with van der Waals surface area (Å²) in [4.78, 5) is 12.2. The molecule has 122 valence electrons. The Morgan fingerprint density at radius 2 is 1.91 bits per heavy atom. The summed E-state index contributed by atoms with van der Waals surface area (Å²) in [7, 11) is 0. The molecule has 3 nitrogen and oxygen atoms in total. The summed E-state index contributed by atoms with van der Waals surface area (Å²) in [6.45, 7) is 5.99. The Balaban J connectivity index is 1.96. The smallest absolute Gasteiger partial charge is 0.261 e. The fraction of sp³-hybridized carbons (Fsp3) is 0.278. The highest BCUT2D eigenvalue weighted by atomic mass is 35.5. The zero-order chi connectivity index (χ0) is 17.0. The molecule has 0 aliphatic heterocycles. The zero-order valence-corrected chi connectivity index (χ0v) is 14.8. The van der Waals surface area contributed by atoms with Crippen LogP contribution >= 0.6 is 23.2 Å². The minimum Gasteiger partial charge on any atom is -0.481 e. The molecule has 0 spiro atoms. The fourth-order valence-corrected chi connectivity index (χ4v) is 2.54. The number of ether oxygens (including phenoxy) is 1. The summed E-state index contributed by atoms with van der Waals surface area (Å²) < 4.78 is 5.76. The van der Waals surface area contributed by atoms with Crippen LogP contribution in [0.5, 0.6) is 5.75 Å². The van der Waals surface area contributed by atoms with E-state index in [4.69, 9.17) is 27.9 Å². The van der Waals surface area contributed by atoms with Gasteiger partial charge in [0.1, 0.15) is 5.75 Å². The average Bonchev–Trinajstić information content (AvgIpc) is 2.49. The highest BCUT2D eigenvalue weighted by Gasteiger charge is 2.16. The number of benzene rings is 2. The molecule has 1 N–H and O–H groups in total. The normalized spacial score (nSPS) is 11.9. The summed E-state index contributed by atoms with van der Waals surface area (Å²) in [5.74, 6) is 0.522. The van der Waals surface area contributed by atoms with Gasteiger partial charge in [0.15, 0.2) is 6.10 Å². The third-order valence-electron chi connectivity index (χ3n) is 3.48. The number of hydrogen-bond donors (Lipinski definition) is 1. The van der Waals surface area contributed by atoms with Crippen molar-refractivity contribution in [2.75, 3.05) is 0 Å². The van der Waals surface area contributed by atoms with Gasteiger partial charge in [0, 0.05) is 16.6 Å². The van der Waals surface area contributed by atoms with Crippen LogP contribution < -0.4 is 10.1 Å². The molecule has 1 amide bonds. The van der Waals surface area contributed by atoms with Gasteiger partial charge in [-0.3, -0.25) is 4.79 Å². The Bertz CT molecular complexity index is 716. The molecule has 0 aliphatic rings. The fourth-order valence-electron chi connectivity index (χ4n) is 2.07. The van der Waals surface area contributed by atoms with Gasteiger partial charge in [-0.1, -0.05) is 41.4 Å². The number of amides is 1. The molecule has 0 aromatic heterocycles. The molecule has 0 fully saturated rings. The van der Waals surface area contributed by atoms with Crippen molar-refractivity contribution in [1.29, 1.82) is 0 Å². The molecule has 0 saturated heterocycles. The molecular formula is C18H19Cl2NO2. The summed E-state index contributed by atoms with van der Waals surface area (Å²) in [6.07, 6.45) is -0.596. The van der Waals surface area contributed by atoms with E-state index in [0.29, 0.717) is 16.6 Å². The number of rotatable bonds is 5. The molecule has 23 heavy (non-hydrogen) atoms. The second kappa shape index (κ2) is 7.71. The van der Waals surface area contributed by atoms with Gasteiger partial charge in [-0.25, -0.2) is 0 Å². The molecule has 2 aromatic carbocycles. The van der Waals surface area contributed by atoms with Gasteiger partial charge in [-0.15, -0.1) is 0 Å². The van der Waals surface area contributed by atoms with Gasteiger partial charge < -0.3 is 10.1 Å². The number of hydrogen-bond acceptors (Lipinski definition) is 2. The maximum absolute atomic E-state index is 12.2. The van der Waals surface area contributed by atoms with Crippen molar-refractivity contribution in [2.24, 2.45) is 0 Å². The standard InChI is InChI=1S/C18H19Cl2NO2/c1-11-4-5-12(2)17(8-11)23-13(3)18(22)21-10-14-6-7-15(19)9-16(14)20/h4-9,13H,10H2,1-3H3,(H,21,22)/t13-/m0/s1. The molecule has 2 rings (SSSR count). The first-order chi connectivity index (χ1) is 10.9. The number of nitrogens with one attached hydrogen (secondary N) is 1. The van der Waals surface area contributed by atoms with Gasteiger partial charge >= 0.3 is 0 Å². The van der Waals surface area contributed by atoms with E-state index in [-0.39, 0.29) is 5.91 Å². The third-order valence-corrected chi connectivity index (χ3v) is 4.07. The first-order valence-corrected chi connectivity index (χ1v) is 8.08. The molecule has 0 radical (unpaired) electrons. The van der Waals surface area contributed by atoms with E-state index >= 15 is 0 Å². The highest BCUT2D eigenvalue weighted by molar-refractivity contribution is 6.35. The summed E-state index contributed by atoms with van der Waals surface area (Å²) in [6, 6.07) is 11.1. The van der Waals surface area contributed by atoms with Crippen LogP contribution in [0.1, 0.15) is 23.6 Å². The lowest BCUT2D eigenvalue weighted by Crippen LogP contribution is -2.36. The van der Waals surface area contributed by atoms with Gasteiger partial charge in [0.05, 0.1) is 0 Å². The van der Waals surface area contributed by atoms with Crippen LogP contribution in [0.25, 0.3) is 0 Å². The number of aryl methyl sites for hydroxylation is 2. The molecular weight excluding hydrogens is 333 g/mol. The molecule has 0 aliphatic carbocycles. The Morgan fingerprint density at radius 3 is 2.61 bits per heavy atom. The number of carbonyl (C=O) groups excluding carboxylic acids is 1. The maximum Gasteiger partial charge on any atom is 0.261 e. The van der Waals surface area contributed by atoms with Gasteiger partial charge in [-0.2, -0.15) is 0 Å². The predicted molar refractivity (Wildman–Crippen MR) is 94.3 cm³/mol. The van der Waals surface area contributed by atoms with Crippen LogP contribution in [-0.4, -0.2) is 12.0 Å². The van der Waals surface area contributed by atoms with Gasteiger partial charge in [0.25, 0.3) is 5.91 Å². The van der Waals surface area contributed by atoms with Crippen LogP contribution in [0.3, 0.4) is 0 Å². The van der Waals surface area contributed by atoms with Crippen molar-refractivity contribution in [1.82, 2.24) is 5.32 Å². The molecule has 0 heterocycles. The van der Waals surface area contributed by atoms with Crippen LogP contribution in [0.15, 0.2) is 36.4 Å². The van der Waals surface area contributed by atoms with Gasteiger partial charge in [0.2, 0.25) is 0 Å². The third kappa shape index (κ3) is 4.88. The molecule has 0 bridgehead atoms. The summed E-state index contributed by atoms with van der Waals surface area (Å²) in [5, 5.41) is 3.92. The largest absolute Gasteiger partial charge is 0.481 e. The van der Waals surface area contributed by atoms with Crippen molar-refractivity contribution in [3.05, 3.63) is 63.1 Å². The van der Waals surface area contributed by atoms with Crippen molar-refractivity contribution in [3.8, 4) is 5.75 Å². The van der Waals surface area contributed by atoms with E-state index in [2.05, 4.69) is 5.32 Å². The second-order valence-corrected chi connectivity index (χ2v) is 6.33. The number of carbonyl (C=O) groups is 1. The van der Waals surface area contributed by atoms with Crippen LogP contribution in [-0.2, 0) is 11.3 Å². The topological polar surface area (TPSA) is 38.3 Å². The van der Waals surface area contributed by atoms with Crippen LogP contribution in [0, 0.1) is 13.8 Å². The molecule has 2 aromatic rings. The molecule has 1 atom stereocenters. The van der Waals surface area contributed by atoms with Crippen molar-refractivity contribution < 1.29 is 9.53 Å². The Kier molecular flexibility index (Phi) is 5.91. The monoisotopic (exact) mass is 351 g/mol. The first kappa shape index (κ1) is 17.6.